The highest BCUT2D eigenvalue weighted by molar-refractivity contribution is 6.08. The van der Waals surface area contributed by atoms with Crippen LogP contribution in [0.5, 0.6) is 0 Å². The van der Waals surface area contributed by atoms with Crippen molar-refractivity contribution in [3.05, 3.63) is 0 Å². The lowest BCUT2D eigenvalue weighted by Gasteiger charge is -1.76. The fraction of sp³-hybridized carbons (Fsp3) is 1.00. The summed E-state index contributed by atoms with van der Waals surface area (Å²) in [5.74, 6) is 4.73. The molecule has 0 amide bonds. The van der Waals surface area contributed by atoms with Gasteiger partial charge in [0.2, 0.25) is 0 Å². The fourth-order valence-corrected chi connectivity index (χ4v) is 0. The molecule has 0 saturated carbocycles. The minimum atomic E-state index is 0.653. The molecule has 0 fully saturated rings. The maximum Gasteiger partial charge on any atom is 0.0448 e. The van der Waals surface area contributed by atoms with Gasteiger partial charge in [-0.2, -0.15) is 0 Å². The summed E-state index contributed by atoms with van der Waals surface area (Å²) in [6.07, 6.45) is 0.653. The van der Waals surface area contributed by atoms with Crippen molar-refractivity contribution < 1.29 is 0 Å². The maximum atomic E-state index is 4.73. The molecule has 2 nitrogen and oxygen atoms in total. The van der Waals surface area contributed by atoms with Crippen LogP contribution in [0, 0.1) is 0 Å². The molecule has 0 rings (SSSR count). The van der Waals surface area contributed by atoms with Gasteiger partial charge in [-0.05, 0) is 6.17 Å². The van der Waals surface area contributed by atoms with Gasteiger partial charge in [-0.25, -0.2) is 0 Å². The van der Waals surface area contributed by atoms with Gasteiger partial charge < -0.3 is 0 Å². The molecule has 0 saturated heterocycles. The van der Waals surface area contributed by atoms with E-state index in [1.54, 1.807) is 0 Å². The van der Waals surface area contributed by atoms with E-state index in [0.717, 1.165) is 0 Å². The zero-order valence-corrected chi connectivity index (χ0v) is 3.28. The first-order valence-electron chi connectivity index (χ1n) is 0.996. The van der Waals surface area contributed by atoms with Gasteiger partial charge in [0.1, 0.15) is 0 Å². The molecule has 0 spiro atoms. The molecule has 4 heavy (non-hydrogen) atoms. The largest absolute Gasteiger partial charge is 0.272 e. The van der Waals surface area contributed by atoms with Crippen molar-refractivity contribution in [2.75, 3.05) is 6.17 Å². The summed E-state index contributed by atoms with van der Waals surface area (Å²) in [4.78, 5) is 0. The maximum absolute atomic E-state index is 4.73. The quantitative estimate of drug-likeness (QED) is 0.227. The third-order valence-electron chi connectivity index (χ3n) is 0.102. The van der Waals surface area contributed by atoms with E-state index in [-0.39, 0.29) is 0 Å². The highest BCUT2D eigenvalue weighted by Crippen LogP contribution is 1.16. The Morgan fingerprint density at radius 1 is 2.00 bits per heavy atom. The first-order valence-corrected chi connectivity index (χ1v) is 1.70. The standard InChI is InChI=1S/CH5N2Si/c2-3-1-4/h3H,1-2H2. The van der Waals surface area contributed by atoms with Crippen molar-refractivity contribution in [1.29, 1.82) is 0 Å². The van der Waals surface area contributed by atoms with Crippen molar-refractivity contribution in [2.45, 2.75) is 0 Å². The van der Waals surface area contributed by atoms with Crippen LogP contribution in [0.4, 0.5) is 0 Å². The topological polar surface area (TPSA) is 38.0 Å². The predicted octanol–water partition coefficient (Wildman–Crippen LogP) is -1.42. The third kappa shape index (κ3) is 2.14. The number of rotatable bonds is 1. The van der Waals surface area contributed by atoms with E-state index in [9.17, 15) is 0 Å². The average Bonchev–Trinajstić information content (AvgIpc) is 1.37. The minimum Gasteiger partial charge on any atom is -0.272 e. The van der Waals surface area contributed by atoms with Crippen LogP contribution in [0.2, 0.25) is 0 Å². The molecular weight excluding hydrogens is 68.1 g/mol. The second-order valence-electron chi connectivity index (χ2n) is 0.381. The molecule has 3 radical (unpaired) electrons. The fourth-order valence-electron chi connectivity index (χ4n) is 0. The highest BCUT2D eigenvalue weighted by Gasteiger charge is 1.51. The molecule has 0 aromatic rings. The van der Waals surface area contributed by atoms with Crippen LogP contribution in [0.25, 0.3) is 0 Å². The normalized spacial score (nSPS) is 7.50. The molecule has 0 aliphatic carbocycles. The van der Waals surface area contributed by atoms with Crippen molar-refractivity contribution in [2.24, 2.45) is 5.84 Å². The SMILES string of the molecule is NNC[Si]. The number of nitrogens with two attached hydrogens (primary N) is 1. The zero-order valence-electron chi connectivity index (χ0n) is 2.28. The summed E-state index contributed by atoms with van der Waals surface area (Å²) in [7, 11) is 3.05. The van der Waals surface area contributed by atoms with Crippen LogP contribution in [-0.4, -0.2) is 16.4 Å². The molecule has 0 aromatic heterocycles. The monoisotopic (exact) mass is 73.0 g/mol. The Morgan fingerprint density at radius 2 is 2.25 bits per heavy atom. The molecule has 0 bridgehead atoms. The highest BCUT2D eigenvalue weighted by atomic mass is 28.1. The molecule has 0 aliphatic rings. The molecular formula is CH5N2Si. The average molecular weight is 73.2 g/mol. The van der Waals surface area contributed by atoms with Crippen molar-refractivity contribution in [3.8, 4) is 0 Å². The van der Waals surface area contributed by atoms with Crippen LogP contribution < -0.4 is 11.3 Å². The lowest BCUT2D eigenvalue weighted by Crippen LogP contribution is -2.22. The Kier molecular flexibility index (Phi) is 3.24. The Labute approximate surface area is 28.8 Å². The van der Waals surface area contributed by atoms with E-state index in [1.807, 2.05) is 0 Å². The van der Waals surface area contributed by atoms with Crippen LogP contribution in [0.15, 0.2) is 0 Å². The van der Waals surface area contributed by atoms with E-state index in [2.05, 4.69) is 15.7 Å². The van der Waals surface area contributed by atoms with Crippen LogP contribution in [-0.2, 0) is 0 Å². The second kappa shape index (κ2) is 3.14. The summed E-state index contributed by atoms with van der Waals surface area (Å²) in [5.41, 5.74) is 2.34. The number of hydrogen-bond donors (Lipinski definition) is 2. The Bertz CT molecular complexity index is 8.00. The lowest BCUT2D eigenvalue weighted by molar-refractivity contribution is 0.865. The molecule has 0 heterocycles. The first kappa shape index (κ1) is 4.14. The molecule has 0 aromatic carbocycles. The molecule has 23 valence electrons. The van der Waals surface area contributed by atoms with E-state index < -0.39 is 0 Å². The summed E-state index contributed by atoms with van der Waals surface area (Å²) in [5, 5.41) is 0. The summed E-state index contributed by atoms with van der Waals surface area (Å²) in [6, 6.07) is 0. The van der Waals surface area contributed by atoms with E-state index in [1.165, 1.54) is 0 Å². The zero-order chi connectivity index (χ0) is 3.41. The number of hydrazine groups is 1. The van der Waals surface area contributed by atoms with Gasteiger partial charge in [-0.1, -0.05) is 0 Å². The van der Waals surface area contributed by atoms with Gasteiger partial charge in [-0.3, -0.25) is 11.3 Å². The molecule has 0 unspecified atom stereocenters. The van der Waals surface area contributed by atoms with Gasteiger partial charge >= 0.3 is 0 Å². The minimum absolute atomic E-state index is 0.653. The lowest BCUT2D eigenvalue weighted by atomic mass is 11.5. The van der Waals surface area contributed by atoms with Crippen LogP contribution in [0.3, 0.4) is 0 Å². The predicted molar refractivity (Wildman–Crippen MR) is 17.9 cm³/mol. The van der Waals surface area contributed by atoms with Crippen LogP contribution in [0.1, 0.15) is 0 Å². The van der Waals surface area contributed by atoms with Crippen molar-refractivity contribution in [1.82, 2.24) is 5.43 Å². The van der Waals surface area contributed by atoms with Gasteiger partial charge in [0.25, 0.3) is 0 Å². The smallest absolute Gasteiger partial charge is 0.0448 e. The van der Waals surface area contributed by atoms with E-state index in [0.29, 0.717) is 6.17 Å². The van der Waals surface area contributed by atoms with E-state index >= 15 is 0 Å². The molecule has 3 heteroatoms. The Hall–Kier alpha value is 0.137. The number of nitrogens with one attached hydrogen (secondary N) is 1. The van der Waals surface area contributed by atoms with Gasteiger partial charge in [0.15, 0.2) is 0 Å². The molecule has 0 aliphatic heterocycles. The Morgan fingerprint density at radius 3 is 2.25 bits per heavy atom. The molecule has 3 N–H and O–H groups in total. The molecule has 0 atom stereocenters. The van der Waals surface area contributed by atoms with Crippen molar-refractivity contribution in [3.63, 3.8) is 0 Å². The first-order chi connectivity index (χ1) is 1.91. The van der Waals surface area contributed by atoms with Gasteiger partial charge in [-0.15, -0.1) is 0 Å². The summed E-state index contributed by atoms with van der Waals surface area (Å²) in [6.45, 7) is 0. The van der Waals surface area contributed by atoms with Crippen molar-refractivity contribution >= 4 is 10.2 Å². The van der Waals surface area contributed by atoms with Gasteiger partial charge in [0.05, 0.1) is 0 Å². The third-order valence-corrected chi connectivity index (χ3v) is 0.306. The summed E-state index contributed by atoms with van der Waals surface area (Å²) < 4.78 is 0. The number of hydrogen-bond acceptors (Lipinski definition) is 2. The van der Waals surface area contributed by atoms with Gasteiger partial charge in [0, 0.05) is 10.2 Å². The second-order valence-corrected chi connectivity index (χ2v) is 0.734. The Balaban J connectivity index is 1.97. The van der Waals surface area contributed by atoms with Crippen LogP contribution >= 0.6 is 0 Å². The summed E-state index contributed by atoms with van der Waals surface area (Å²) >= 11 is 0. The van der Waals surface area contributed by atoms with E-state index in [4.69, 9.17) is 5.84 Å².